The molecule has 0 saturated carbocycles. The van der Waals surface area contributed by atoms with E-state index in [1.54, 1.807) is 18.0 Å². The highest BCUT2D eigenvalue weighted by molar-refractivity contribution is 7.98. The molecule has 0 aliphatic carbocycles. The number of nitrogens with zero attached hydrogens (tertiary/aromatic N) is 5. The highest BCUT2D eigenvalue weighted by atomic mass is 32.2. The summed E-state index contributed by atoms with van der Waals surface area (Å²) in [5, 5.41) is 4.75. The van der Waals surface area contributed by atoms with Gasteiger partial charge >= 0.3 is 0 Å². The minimum absolute atomic E-state index is 0.0434. The fourth-order valence-electron chi connectivity index (χ4n) is 3.52. The molecule has 3 aromatic heterocycles. The van der Waals surface area contributed by atoms with Crippen molar-refractivity contribution in [3.05, 3.63) is 71.0 Å². The van der Waals surface area contributed by atoms with Crippen LogP contribution < -0.4 is 0 Å². The monoisotopic (exact) mass is 423 g/mol. The lowest BCUT2D eigenvalue weighted by Crippen LogP contribution is -2.48. The third-order valence-electron chi connectivity index (χ3n) is 5.31. The minimum Gasteiger partial charge on any atom is -0.361 e. The average Bonchev–Trinajstić information content (AvgIpc) is 3.10. The maximum atomic E-state index is 13.2. The van der Waals surface area contributed by atoms with Crippen molar-refractivity contribution in [2.45, 2.75) is 31.2 Å². The second-order valence-corrected chi connectivity index (χ2v) is 8.30. The molecule has 0 spiro atoms. The molecular weight excluding hydrogens is 398 g/mol. The first-order chi connectivity index (χ1) is 14.6. The van der Waals surface area contributed by atoms with Gasteiger partial charge in [0, 0.05) is 56.4 Å². The van der Waals surface area contributed by atoms with E-state index in [0.29, 0.717) is 24.4 Å². The van der Waals surface area contributed by atoms with Crippen molar-refractivity contribution < 1.29 is 9.32 Å². The summed E-state index contributed by atoms with van der Waals surface area (Å²) in [6.45, 7) is 7.73. The zero-order valence-electron chi connectivity index (χ0n) is 17.2. The molecule has 4 rings (SSSR count). The quantitative estimate of drug-likeness (QED) is 0.563. The van der Waals surface area contributed by atoms with Crippen molar-refractivity contribution >= 4 is 17.7 Å². The number of hydrogen-bond donors (Lipinski definition) is 0. The number of piperazine rings is 1. The Balaban J connectivity index is 1.38. The Morgan fingerprint density at radius 3 is 2.57 bits per heavy atom. The van der Waals surface area contributed by atoms with E-state index in [0.717, 1.165) is 47.4 Å². The number of thioether (sulfide) groups is 1. The minimum atomic E-state index is 0.0434. The molecule has 0 unspecified atom stereocenters. The van der Waals surface area contributed by atoms with Crippen molar-refractivity contribution in [2.75, 3.05) is 26.2 Å². The molecule has 0 radical (unpaired) electrons. The highest BCUT2D eigenvalue weighted by Gasteiger charge is 2.25. The zero-order chi connectivity index (χ0) is 20.9. The molecule has 1 saturated heterocycles. The molecule has 1 aliphatic rings. The summed E-state index contributed by atoms with van der Waals surface area (Å²) in [4.78, 5) is 26.3. The van der Waals surface area contributed by atoms with Crippen LogP contribution in [0.15, 0.2) is 52.3 Å². The van der Waals surface area contributed by atoms with Crippen LogP contribution in [0.3, 0.4) is 0 Å². The predicted octanol–water partition coefficient (Wildman–Crippen LogP) is 3.33. The summed E-state index contributed by atoms with van der Waals surface area (Å²) in [5.74, 6) is 1.53. The van der Waals surface area contributed by atoms with Crippen LogP contribution in [0, 0.1) is 13.8 Å². The van der Waals surface area contributed by atoms with Crippen LogP contribution >= 0.6 is 11.8 Å². The molecule has 1 fully saturated rings. The second-order valence-electron chi connectivity index (χ2n) is 7.34. The van der Waals surface area contributed by atoms with Crippen LogP contribution in [-0.2, 0) is 12.3 Å². The number of aromatic nitrogens is 3. The van der Waals surface area contributed by atoms with Crippen molar-refractivity contribution in [2.24, 2.45) is 0 Å². The summed E-state index contributed by atoms with van der Waals surface area (Å²) in [6, 6.07) is 9.66. The van der Waals surface area contributed by atoms with Crippen LogP contribution in [-0.4, -0.2) is 57.0 Å². The Bertz CT molecular complexity index is 980. The van der Waals surface area contributed by atoms with E-state index in [-0.39, 0.29) is 5.91 Å². The molecule has 0 bridgehead atoms. The number of amides is 1. The maximum absolute atomic E-state index is 13.2. The average molecular weight is 424 g/mol. The van der Waals surface area contributed by atoms with Gasteiger partial charge in [0.1, 0.15) is 10.8 Å². The van der Waals surface area contributed by atoms with Crippen molar-refractivity contribution in [1.29, 1.82) is 0 Å². The van der Waals surface area contributed by atoms with E-state index in [4.69, 9.17) is 4.52 Å². The van der Waals surface area contributed by atoms with Gasteiger partial charge in [-0.05, 0) is 38.1 Å². The van der Waals surface area contributed by atoms with Gasteiger partial charge < -0.3 is 9.42 Å². The lowest BCUT2D eigenvalue weighted by Gasteiger charge is -2.34. The molecule has 0 aromatic carbocycles. The SMILES string of the molecule is Cc1noc(C)c1CSc1ncccc1C(=O)N1CCN(Cc2ccccn2)CC1. The fourth-order valence-corrected chi connectivity index (χ4v) is 4.66. The van der Waals surface area contributed by atoms with E-state index in [2.05, 4.69) is 20.0 Å². The predicted molar refractivity (Wildman–Crippen MR) is 115 cm³/mol. The molecule has 0 N–H and O–H groups in total. The van der Waals surface area contributed by atoms with Gasteiger partial charge in [0.05, 0.1) is 17.0 Å². The van der Waals surface area contributed by atoms with Crippen LogP contribution in [0.4, 0.5) is 0 Å². The second kappa shape index (κ2) is 9.40. The summed E-state index contributed by atoms with van der Waals surface area (Å²) in [6.07, 6.45) is 3.55. The van der Waals surface area contributed by atoms with Gasteiger partial charge in [-0.1, -0.05) is 11.2 Å². The van der Waals surface area contributed by atoms with E-state index in [9.17, 15) is 4.79 Å². The number of hydrogen-bond acceptors (Lipinski definition) is 7. The number of pyridine rings is 2. The molecule has 3 aromatic rings. The van der Waals surface area contributed by atoms with Crippen molar-refractivity contribution in [3.63, 3.8) is 0 Å². The highest BCUT2D eigenvalue weighted by Crippen LogP contribution is 2.28. The van der Waals surface area contributed by atoms with Gasteiger partial charge in [-0.2, -0.15) is 0 Å². The summed E-state index contributed by atoms with van der Waals surface area (Å²) >= 11 is 1.55. The summed E-state index contributed by atoms with van der Waals surface area (Å²) in [7, 11) is 0. The van der Waals surface area contributed by atoms with Gasteiger partial charge in [0.2, 0.25) is 0 Å². The van der Waals surface area contributed by atoms with Gasteiger partial charge in [-0.3, -0.25) is 14.7 Å². The van der Waals surface area contributed by atoms with Crippen LogP contribution in [0.5, 0.6) is 0 Å². The van der Waals surface area contributed by atoms with Gasteiger partial charge in [0.15, 0.2) is 0 Å². The van der Waals surface area contributed by atoms with Crippen molar-refractivity contribution in [1.82, 2.24) is 24.9 Å². The first-order valence-electron chi connectivity index (χ1n) is 10.0. The van der Waals surface area contributed by atoms with E-state index in [1.165, 1.54) is 0 Å². The largest absolute Gasteiger partial charge is 0.361 e. The zero-order valence-corrected chi connectivity index (χ0v) is 18.1. The summed E-state index contributed by atoms with van der Waals surface area (Å²) < 4.78 is 5.24. The number of carbonyl (C=O) groups is 1. The Kier molecular flexibility index (Phi) is 6.44. The third-order valence-corrected chi connectivity index (χ3v) is 6.34. The number of rotatable bonds is 6. The Morgan fingerprint density at radius 2 is 1.87 bits per heavy atom. The molecule has 4 heterocycles. The fraction of sp³-hybridized carbons (Fsp3) is 0.364. The number of aryl methyl sites for hydroxylation is 2. The summed E-state index contributed by atoms with van der Waals surface area (Å²) in [5.41, 5.74) is 3.66. The first kappa shape index (κ1) is 20.6. The van der Waals surface area contributed by atoms with Gasteiger partial charge in [0.25, 0.3) is 5.91 Å². The van der Waals surface area contributed by atoms with Crippen molar-refractivity contribution in [3.8, 4) is 0 Å². The smallest absolute Gasteiger partial charge is 0.256 e. The van der Waals surface area contributed by atoms with Crippen LogP contribution in [0.2, 0.25) is 0 Å². The lowest BCUT2D eigenvalue weighted by atomic mass is 10.2. The third kappa shape index (κ3) is 4.71. The molecule has 7 nitrogen and oxygen atoms in total. The van der Waals surface area contributed by atoms with Gasteiger partial charge in [-0.25, -0.2) is 4.98 Å². The van der Waals surface area contributed by atoms with E-state index in [1.807, 2.05) is 55.3 Å². The Hall–Kier alpha value is -2.71. The van der Waals surface area contributed by atoms with E-state index < -0.39 is 0 Å². The Morgan fingerprint density at radius 1 is 1.07 bits per heavy atom. The number of carbonyl (C=O) groups excluding carboxylic acids is 1. The molecule has 1 aliphatic heterocycles. The molecule has 156 valence electrons. The van der Waals surface area contributed by atoms with E-state index >= 15 is 0 Å². The molecule has 0 atom stereocenters. The molecule has 8 heteroatoms. The van der Waals surface area contributed by atoms with Crippen LogP contribution in [0.1, 0.15) is 33.1 Å². The van der Waals surface area contributed by atoms with Crippen LogP contribution in [0.25, 0.3) is 0 Å². The molecular formula is C22H25N5O2S. The topological polar surface area (TPSA) is 75.4 Å². The maximum Gasteiger partial charge on any atom is 0.256 e. The first-order valence-corrected chi connectivity index (χ1v) is 11.0. The Labute approximate surface area is 180 Å². The molecule has 1 amide bonds. The standard InChI is InChI=1S/C22H25N5O2S/c1-16-20(17(2)29-25-16)15-30-21-19(7-5-9-24-21)22(28)27-12-10-26(11-13-27)14-18-6-3-4-8-23-18/h3-9H,10-15H2,1-2H3. The van der Waals surface area contributed by atoms with Gasteiger partial charge in [-0.15, -0.1) is 11.8 Å². The lowest BCUT2D eigenvalue weighted by molar-refractivity contribution is 0.0623. The normalized spacial score (nSPS) is 14.8. The molecule has 30 heavy (non-hydrogen) atoms.